The van der Waals surface area contributed by atoms with Crippen LogP contribution in [0.2, 0.25) is 5.02 Å². The number of benzene rings is 1. The first-order valence-corrected chi connectivity index (χ1v) is 6.92. The Morgan fingerprint density at radius 1 is 1.65 bits per heavy atom. The Hall–Kier alpha value is -0.710. The monoisotopic (exact) mass is 270 g/mol. The fourth-order valence-corrected chi connectivity index (χ4v) is 3.21. The number of nitrogens with two attached hydrogens (primary N) is 1. The minimum absolute atomic E-state index is 0.160. The lowest BCUT2D eigenvalue weighted by Gasteiger charge is -2.28. The average Bonchev–Trinajstić information content (AvgIpc) is 2.29. The van der Waals surface area contributed by atoms with Crippen molar-refractivity contribution >= 4 is 29.3 Å². The van der Waals surface area contributed by atoms with E-state index in [1.807, 2.05) is 30.0 Å². The second-order valence-corrected chi connectivity index (χ2v) is 5.74. The number of hydrogen-bond acceptors (Lipinski definition) is 3. The fourth-order valence-electron chi connectivity index (χ4n) is 1.92. The maximum absolute atomic E-state index is 11.1. The molecule has 1 aliphatic rings. The van der Waals surface area contributed by atoms with Crippen molar-refractivity contribution in [1.82, 2.24) is 5.32 Å². The van der Waals surface area contributed by atoms with Gasteiger partial charge in [-0.15, -0.1) is 11.8 Å². The van der Waals surface area contributed by atoms with Crippen LogP contribution in [-0.2, 0) is 4.79 Å². The third-order valence-electron chi connectivity index (χ3n) is 2.89. The molecule has 1 aliphatic heterocycles. The number of halogens is 1. The third-order valence-corrected chi connectivity index (χ3v) is 4.25. The number of fused-ring (bicyclic) bond motifs is 1. The van der Waals surface area contributed by atoms with Crippen LogP contribution >= 0.6 is 23.4 Å². The number of carbonyl (C=O) groups excluding carboxylic acids is 1. The van der Waals surface area contributed by atoms with Gasteiger partial charge >= 0.3 is 0 Å². The normalized spacial score (nSPS) is 20.7. The summed E-state index contributed by atoms with van der Waals surface area (Å²) in [5.41, 5.74) is 6.44. The SMILES string of the molecule is CC(NC1CCSc2ccc(Cl)cc21)C(N)=O. The highest BCUT2D eigenvalue weighted by Gasteiger charge is 2.23. The average molecular weight is 271 g/mol. The molecule has 1 amide bonds. The van der Waals surface area contributed by atoms with E-state index in [1.165, 1.54) is 10.5 Å². The van der Waals surface area contributed by atoms with Crippen LogP contribution in [0.4, 0.5) is 0 Å². The number of primary amides is 1. The summed E-state index contributed by atoms with van der Waals surface area (Å²) in [6.07, 6.45) is 0.982. The number of amides is 1. The molecule has 0 saturated heterocycles. The molecule has 5 heteroatoms. The molecule has 17 heavy (non-hydrogen) atoms. The Morgan fingerprint density at radius 2 is 2.41 bits per heavy atom. The van der Waals surface area contributed by atoms with Gasteiger partial charge in [0.05, 0.1) is 6.04 Å². The molecule has 1 aromatic carbocycles. The van der Waals surface area contributed by atoms with E-state index in [1.54, 1.807) is 6.92 Å². The molecular weight excluding hydrogens is 256 g/mol. The maximum Gasteiger partial charge on any atom is 0.234 e. The van der Waals surface area contributed by atoms with E-state index in [0.717, 1.165) is 17.2 Å². The van der Waals surface area contributed by atoms with E-state index < -0.39 is 0 Å². The van der Waals surface area contributed by atoms with Crippen molar-refractivity contribution in [3.8, 4) is 0 Å². The lowest BCUT2D eigenvalue weighted by molar-refractivity contribution is -0.119. The summed E-state index contributed by atoms with van der Waals surface area (Å²) in [5, 5.41) is 3.98. The van der Waals surface area contributed by atoms with Gasteiger partial charge in [-0.3, -0.25) is 10.1 Å². The lowest BCUT2D eigenvalue weighted by Crippen LogP contribution is -2.41. The van der Waals surface area contributed by atoms with Crippen molar-refractivity contribution in [2.45, 2.75) is 30.3 Å². The Bertz CT molecular complexity index is 439. The minimum Gasteiger partial charge on any atom is -0.368 e. The molecule has 1 heterocycles. The highest BCUT2D eigenvalue weighted by Crippen LogP contribution is 2.37. The molecule has 2 atom stereocenters. The summed E-state index contributed by atoms with van der Waals surface area (Å²) >= 11 is 7.83. The first-order chi connectivity index (χ1) is 8.08. The highest BCUT2D eigenvalue weighted by atomic mass is 35.5. The zero-order chi connectivity index (χ0) is 12.4. The van der Waals surface area contributed by atoms with Gasteiger partial charge in [0.25, 0.3) is 0 Å². The molecule has 2 unspecified atom stereocenters. The number of rotatable bonds is 3. The highest BCUT2D eigenvalue weighted by molar-refractivity contribution is 7.99. The Kier molecular flexibility index (Phi) is 3.97. The van der Waals surface area contributed by atoms with Crippen molar-refractivity contribution in [3.05, 3.63) is 28.8 Å². The lowest BCUT2D eigenvalue weighted by atomic mass is 10.0. The van der Waals surface area contributed by atoms with Gasteiger partial charge in [-0.2, -0.15) is 0 Å². The van der Waals surface area contributed by atoms with Gasteiger partial charge in [0.2, 0.25) is 5.91 Å². The van der Waals surface area contributed by atoms with Gasteiger partial charge < -0.3 is 5.73 Å². The largest absolute Gasteiger partial charge is 0.368 e. The van der Waals surface area contributed by atoms with Gasteiger partial charge in [-0.05, 0) is 42.9 Å². The van der Waals surface area contributed by atoms with Crippen LogP contribution in [0.3, 0.4) is 0 Å². The van der Waals surface area contributed by atoms with Crippen LogP contribution in [0, 0.1) is 0 Å². The van der Waals surface area contributed by atoms with Crippen LogP contribution < -0.4 is 11.1 Å². The van der Waals surface area contributed by atoms with Crippen molar-refractivity contribution in [2.75, 3.05) is 5.75 Å². The van der Waals surface area contributed by atoms with Gasteiger partial charge in [0.1, 0.15) is 0 Å². The molecule has 0 saturated carbocycles. The molecule has 3 nitrogen and oxygen atoms in total. The first kappa shape index (κ1) is 12.7. The Morgan fingerprint density at radius 3 is 3.12 bits per heavy atom. The molecule has 0 bridgehead atoms. The summed E-state index contributed by atoms with van der Waals surface area (Å²) in [4.78, 5) is 12.3. The van der Waals surface area contributed by atoms with E-state index in [-0.39, 0.29) is 18.0 Å². The molecule has 0 spiro atoms. The van der Waals surface area contributed by atoms with Crippen LogP contribution in [0.5, 0.6) is 0 Å². The van der Waals surface area contributed by atoms with Crippen molar-refractivity contribution < 1.29 is 4.79 Å². The predicted molar refractivity (Wildman–Crippen MR) is 71.3 cm³/mol. The summed E-state index contributed by atoms with van der Waals surface area (Å²) in [6.45, 7) is 1.79. The van der Waals surface area contributed by atoms with Crippen LogP contribution in [0.15, 0.2) is 23.1 Å². The zero-order valence-electron chi connectivity index (χ0n) is 9.57. The second kappa shape index (κ2) is 5.29. The van der Waals surface area contributed by atoms with E-state index >= 15 is 0 Å². The molecule has 0 aliphatic carbocycles. The number of hydrogen-bond donors (Lipinski definition) is 2. The number of nitrogens with one attached hydrogen (secondary N) is 1. The Balaban J connectivity index is 2.22. The Labute approximate surface area is 110 Å². The van der Waals surface area contributed by atoms with Gasteiger partial charge in [-0.1, -0.05) is 11.6 Å². The molecule has 0 aromatic heterocycles. The third kappa shape index (κ3) is 2.94. The predicted octanol–water partition coefficient (Wildman–Crippen LogP) is 2.34. The van der Waals surface area contributed by atoms with E-state index in [2.05, 4.69) is 5.32 Å². The summed E-state index contributed by atoms with van der Waals surface area (Å²) in [7, 11) is 0. The van der Waals surface area contributed by atoms with Crippen LogP contribution in [0.25, 0.3) is 0 Å². The smallest absolute Gasteiger partial charge is 0.234 e. The quantitative estimate of drug-likeness (QED) is 0.886. The van der Waals surface area contributed by atoms with Gasteiger partial charge in [0, 0.05) is 16.0 Å². The van der Waals surface area contributed by atoms with E-state index in [9.17, 15) is 4.79 Å². The zero-order valence-corrected chi connectivity index (χ0v) is 11.1. The number of carbonyl (C=O) groups is 1. The summed E-state index contributed by atoms with van der Waals surface area (Å²) in [5.74, 6) is 0.712. The van der Waals surface area contributed by atoms with Crippen molar-refractivity contribution in [3.63, 3.8) is 0 Å². The molecule has 92 valence electrons. The van der Waals surface area contributed by atoms with Gasteiger partial charge in [0.15, 0.2) is 0 Å². The summed E-state index contributed by atoms with van der Waals surface area (Å²) in [6, 6.07) is 5.73. The molecule has 0 fully saturated rings. The van der Waals surface area contributed by atoms with Crippen LogP contribution in [0.1, 0.15) is 24.9 Å². The maximum atomic E-state index is 11.1. The van der Waals surface area contributed by atoms with Gasteiger partial charge in [-0.25, -0.2) is 0 Å². The first-order valence-electron chi connectivity index (χ1n) is 5.55. The van der Waals surface area contributed by atoms with Crippen molar-refractivity contribution in [2.24, 2.45) is 5.73 Å². The summed E-state index contributed by atoms with van der Waals surface area (Å²) < 4.78 is 0. The molecular formula is C12H15ClN2OS. The molecule has 1 aromatic rings. The second-order valence-electron chi connectivity index (χ2n) is 4.16. The van der Waals surface area contributed by atoms with Crippen molar-refractivity contribution in [1.29, 1.82) is 0 Å². The van der Waals surface area contributed by atoms with Crippen LogP contribution in [-0.4, -0.2) is 17.7 Å². The molecule has 0 radical (unpaired) electrons. The minimum atomic E-state index is -0.327. The fraction of sp³-hybridized carbons (Fsp3) is 0.417. The molecule has 3 N–H and O–H groups in total. The van der Waals surface area contributed by atoms with E-state index in [0.29, 0.717) is 0 Å². The molecule has 2 rings (SSSR count). The van der Waals surface area contributed by atoms with E-state index in [4.69, 9.17) is 17.3 Å². The topological polar surface area (TPSA) is 55.1 Å². The standard InChI is InChI=1S/C12H15ClN2OS/c1-7(12(14)16)15-10-4-5-17-11-3-2-8(13)6-9(10)11/h2-3,6-7,10,15H,4-5H2,1H3,(H2,14,16). The number of thioether (sulfide) groups is 1.